The average Bonchev–Trinajstić information content (AvgIpc) is 2.42. The summed E-state index contributed by atoms with van der Waals surface area (Å²) in [5.41, 5.74) is 4.46. The SMILES string of the molecule is CCCNC(=O)CCNC(=O)C(C)(CC)C(N)=NO. The van der Waals surface area contributed by atoms with Crippen molar-refractivity contribution < 1.29 is 14.8 Å². The summed E-state index contributed by atoms with van der Waals surface area (Å²) in [7, 11) is 0. The Bertz CT molecular complexity index is 344. The predicted molar refractivity (Wildman–Crippen MR) is 72.7 cm³/mol. The van der Waals surface area contributed by atoms with Crippen LogP contribution in [0.2, 0.25) is 0 Å². The van der Waals surface area contributed by atoms with Crippen LogP contribution in [-0.4, -0.2) is 35.9 Å². The Morgan fingerprint density at radius 2 is 1.89 bits per heavy atom. The lowest BCUT2D eigenvalue weighted by Crippen LogP contribution is -2.48. The zero-order chi connectivity index (χ0) is 14.9. The molecule has 0 aromatic carbocycles. The number of hydrogen-bond donors (Lipinski definition) is 4. The minimum absolute atomic E-state index is 0.107. The molecule has 5 N–H and O–H groups in total. The molecule has 0 saturated heterocycles. The lowest BCUT2D eigenvalue weighted by atomic mass is 9.85. The number of oxime groups is 1. The fourth-order valence-electron chi connectivity index (χ4n) is 1.41. The van der Waals surface area contributed by atoms with Crippen LogP contribution >= 0.6 is 0 Å². The molecule has 0 fully saturated rings. The van der Waals surface area contributed by atoms with E-state index in [0.29, 0.717) is 13.0 Å². The molecule has 0 aliphatic carbocycles. The highest BCUT2D eigenvalue weighted by Gasteiger charge is 2.36. The van der Waals surface area contributed by atoms with Gasteiger partial charge in [0.25, 0.3) is 0 Å². The maximum absolute atomic E-state index is 12.0. The van der Waals surface area contributed by atoms with Crippen molar-refractivity contribution in [3.63, 3.8) is 0 Å². The van der Waals surface area contributed by atoms with Gasteiger partial charge in [-0.3, -0.25) is 9.59 Å². The first-order valence-corrected chi connectivity index (χ1v) is 6.45. The largest absolute Gasteiger partial charge is 0.409 e. The van der Waals surface area contributed by atoms with Crippen LogP contribution in [0.4, 0.5) is 0 Å². The zero-order valence-corrected chi connectivity index (χ0v) is 11.8. The van der Waals surface area contributed by atoms with E-state index in [-0.39, 0.29) is 30.6 Å². The number of hydrogen-bond acceptors (Lipinski definition) is 4. The number of nitrogens with zero attached hydrogens (tertiary/aromatic N) is 1. The summed E-state index contributed by atoms with van der Waals surface area (Å²) in [5.74, 6) is -0.597. The summed E-state index contributed by atoms with van der Waals surface area (Å²) in [6.45, 7) is 6.18. The topological polar surface area (TPSA) is 117 Å². The first kappa shape index (κ1) is 17.2. The molecule has 0 bridgehead atoms. The molecular formula is C12H24N4O3. The molecule has 0 aromatic rings. The van der Waals surface area contributed by atoms with Crippen LogP contribution in [-0.2, 0) is 9.59 Å². The second kappa shape index (κ2) is 8.34. The van der Waals surface area contributed by atoms with Gasteiger partial charge in [-0.05, 0) is 19.8 Å². The van der Waals surface area contributed by atoms with Crippen LogP contribution in [0.1, 0.15) is 40.0 Å². The Morgan fingerprint density at radius 3 is 2.37 bits per heavy atom. The fraction of sp³-hybridized carbons (Fsp3) is 0.750. The third-order valence-electron chi connectivity index (χ3n) is 3.09. The van der Waals surface area contributed by atoms with E-state index in [1.54, 1.807) is 13.8 Å². The van der Waals surface area contributed by atoms with Gasteiger partial charge in [0, 0.05) is 19.5 Å². The van der Waals surface area contributed by atoms with Crippen molar-refractivity contribution in [1.82, 2.24) is 10.6 Å². The predicted octanol–water partition coefficient (Wildman–Crippen LogP) is 0.182. The first-order chi connectivity index (χ1) is 8.92. The number of nitrogens with one attached hydrogen (secondary N) is 2. The van der Waals surface area contributed by atoms with E-state index >= 15 is 0 Å². The van der Waals surface area contributed by atoms with Gasteiger partial charge in [-0.2, -0.15) is 0 Å². The number of carbonyl (C=O) groups excluding carboxylic acids is 2. The van der Waals surface area contributed by atoms with Gasteiger partial charge >= 0.3 is 0 Å². The van der Waals surface area contributed by atoms with Gasteiger partial charge in [0.15, 0.2) is 5.84 Å². The van der Waals surface area contributed by atoms with E-state index in [1.807, 2.05) is 6.92 Å². The van der Waals surface area contributed by atoms with Gasteiger partial charge in [0.1, 0.15) is 5.41 Å². The normalized spacial score (nSPS) is 14.6. The molecule has 1 atom stereocenters. The smallest absolute Gasteiger partial charge is 0.233 e. The minimum Gasteiger partial charge on any atom is -0.409 e. The molecule has 7 heteroatoms. The van der Waals surface area contributed by atoms with Gasteiger partial charge < -0.3 is 21.6 Å². The molecule has 0 aliphatic heterocycles. The van der Waals surface area contributed by atoms with Crippen LogP contribution in [0.25, 0.3) is 0 Å². The van der Waals surface area contributed by atoms with Gasteiger partial charge in [-0.1, -0.05) is 19.0 Å². The summed E-state index contributed by atoms with van der Waals surface area (Å²) < 4.78 is 0. The van der Waals surface area contributed by atoms with Crippen molar-refractivity contribution in [2.45, 2.75) is 40.0 Å². The number of amidine groups is 1. The van der Waals surface area contributed by atoms with Crippen molar-refractivity contribution in [2.24, 2.45) is 16.3 Å². The minimum atomic E-state index is -1.06. The molecule has 0 radical (unpaired) electrons. The highest BCUT2D eigenvalue weighted by Crippen LogP contribution is 2.21. The molecule has 0 saturated carbocycles. The van der Waals surface area contributed by atoms with Crippen molar-refractivity contribution >= 4 is 17.6 Å². The van der Waals surface area contributed by atoms with Gasteiger partial charge in [0.2, 0.25) is 11.8 Å². The highest BCUT2D eigenvalue weighted by molar-refractivity contribution is 6.06. The quantitative estimate of drug-likeness (QED) is 0.218. The maximum Gasteiger partial charge on any atom is 0.233 e. The van der Waals surface area contributed by atoms with Crippen LogP contribution in [0.3, 0.4) is 0 Å². The number of amides is 2. The molecule has 0 spiro atoms. The van der Waals surface area contributed by atoms with E-state index in [9.17, 15) is 9.59 Å². The van der Waals surface area contributed by atoms with Gasteiger partial charge in [0.05, 0.1) is 0 Å². The van der Waals surface area contributed by atoms with Crippen molar-refractivity contribution in [3.05, 3.63) is 0 Å². The van der Waals surface area contributed by atoms with Gasteiger partial charge in [-0.15, -0.1) is 0 Å². The fourth-order valence-corrected chi connectivity index (χ4v) is 1.41. The van der Waals surface area contributed by atoms with Gasteiger partial charge in [-0.25, -0.2) is 0 Å². The first-order valence-electron chi connectivity index (χ1n) is 6.45. The van der Waals surface area contributed by atoms with Crippen LogP contribution in [0, 0.1) is 5.41 Å². The van der Waals surface area contributed by atoms with Crippen molar-refractivity contribution in [3.8, 4) is 0 Å². The lowest BCUT2D eigenvalue weighted by molar-refractivity contribution is -0.127. The molecule has 1 unspecified atom stereocenters. The number of nitrogens with two attached hydrogens (primary N) is 1. The maximum atomic E-state index is 12.0. The van der Waals surface area contributed by atoms with E-state index in [0.717, 1.165) is 6.42 Å². The Morgan fingerprint density at radius 1 is 1.26 bits per heavy atom. The summed E-state index contributed by atoms with van der Waals surface area (Å²) in [5, 5.41) is 16.9. The lowest BCUT2D eigenvalue weighted by Gasteiger charge is -2.25. The van der Waals surface area contributed by atoms with E-state index < -0.39 is 5.41 Å². The van der Waals surface area contributed by atoms with E-state index in [1.165, 1.54) is 0 Å². The molecule has 0 heterocycles. The second-order valence-electron chi connectivity index (χ2n) is 4.53. The second-order valence-corrected chi connectivity index (χ2v) is 4.53. The molecule has 0 aromatic heterocycles. The molecule has 0 rings (SSSR count). The third-order valence-corrected chi connectivity index (χ3v) is 3.09. The third kappa shape index (κ3) is 5.15. The van der Waals surface area contributed by atoms with E-state index in [2.05, 4.69) is 15.8 Å². The monoisotopic (exact) mass is 272 g/mol. The standard InChI is InChI=1S/C12H24N4O3/c1-4-7-14-9(17)6-8-15-11(18)12(3,5-2)10(13)16-19/h19H,4-8H2,1-3H3,(H2,13,16)(H,14,17)(H,15,18). The van der Waals surface area contributed by atoms with Crippen LogP contribution < -0.4 is 16.4 Å². The van der Waals surface area contributed by atoms with Crippen LogP contribution in [0.15, 0.2) is 5.16 Å². The zero-order valence-electron chi connectivity index (χ0n) is 11.8. The Kier molecular flexibility index (Phi) is 7.55. The molecule has 2 amide bonds. The highest BCUT2D eigenvalue weighted by atomic mass is 16.4. The summed E-state index contributed by atoms with van der Waals surface area (Å²) >= 11 is 0. The average molecular weight is 272 g/mol. The summed E-state index contributed by atoms with van der Waals surface area (Å²) in [4.78, 5) is 23.3. The van der Waals surface area contributed by atoms with E-state index in [4.69, 9.17) is 10.9 Å². The molecule has 110 valence electrons. The molecule has 7 nitrogen and oxygen atoms in total. The van der Waals surface area contributed by atoms with Crippen molar-refractivity contribution in [2.75, 3.05) is 13.1 Å². The Labute approximate surface area is 113 Å². The number of carbonyl (C=O) groups is 2. The van der Waals surface area contributed by atoms with Crippen LogP contribution in [0.5, 0.6) is 0 Å². The summed E-state index contributed by atoms with van der Waals surface area (Å²) in [6.07, 6.45) is 1.48. The number of rotatable bonds is 8. The molecule has 19 heavy (non-hydrogen) atoms. The molecule has 0 aliphatic rings. The molecular weight excluding hydrogens is 248 g/mol. The van der Waals surface area contributed by atoms with Crippen molar-refractivity contribution in [1.29, 1.82) is 0 Å². The Hall–Kier alpha value is -1.79. The Balaban J connectivity index is 4.27. The summed E-state index contributed by atoms with van der Waals surface area (Å²) in [6, 6.07) is 0.